The minimum Gasteiger partial charge on any atom is -0.377 e. The molecule has 0 N–H and O–H groups in total. The minimum atomic E-state index is 0.333. The molecule has 0 unspecified atom stereocenters. The topological polar surface area (TPSA) is 38.2 Å². The van der Waals surface area contributed by atoms with Gasteiger partial charge in [0, 0.05) is 24.9 Å². The molecule has 1 fully saturated rings. The largest absolute Gasteiger partial charge is 0.377 e. The van der Waals surface area contributed by atoms with E-state index in [9.17, 15) is 0 Å². The lowest BCUT2D eigenvalue weighted by atomic mass is 9.91. The molecule has 21 heavy (non-hydrogen) atoms. The summed E-state index contributed by atoms with van der Waals surface area (Å²) in [7, 11) is 0. The van der Waals surface area contributed by atoms with Gasteiger partial charge in [-0.25, -0.2) is 9.97 Å². The second-order valence-corrected chi connectivity index (χ2v) is 6.56. The van der Waals surface area contributed by atoms with Crippen LogP contribution in [0.3, 0.4) is 0 Å². The molecule has 0 aliphatic carbocycles. The Morgan fingerprint density at radius 3 is 2.29 bits per heavy atom. The van der Waals surface area contributed by atoms with Crippen molar-refractivity contribution in [3.63, 3.8) is 0 Å². The highest BCUT2D eigenvalue weighted by Crippen LogP contribution is 2.27. The molecule has 2 heterocycles. The van der Waals surface area contributed by atoms with Crippen LogP contribution in [-0.4, -0.2) is 47.2 Å². The fourth-order valence-corrected chi connectivity index (χ4v) is 2.76. The summed E-state index contributed by atoms with van der Waals surface area (Å²) in [6.07, 6.45) is 6.80. The Balaban J connectivity index is 1.78. The van der Waals surface area contributed by atoms with Gasteiger partial charge >= 0.3 is 0 Å². The first kappa shape index (κ1) is 16.4. The van der Waals surface area contributed by atoms with Crippen LogP contribution < -0.4 is 0 Å². The molecule has 1 aromatic heterocycles. The van der Waals surface area contributed by atoms with E-state index in [2.05, 4.69) is 42.6 Å². The molecular weight excluding hydrogens is 262 g/mol. The lowest BCUT2D eigenvalue weighted by molar-refractivity contribution is 0.0536. The van der Waals surface area contributed by atoms with Gasteiger partial charge < -0.3 is 9.64 Å². The highest BCUT2D eigenvalue weighted by atomic mass is 16.5. The Morgan fingerprint density at radius 2 is 1.76 bits per heavy atom. The minimum absolute atomic E-state index is 0.333. The smallest absolute Gasteiger partial charge is 0.130 e. The van der Waals surface area contributed by atoms with Crippen molar-refractivity contribution in [1.29, 1.82) is 0 Å². The second-order valence-electron chi connectivity index (χ2n) is 6.56. The van der Waals surface area contributed by atoms with E-state index in [4.69, 9.17) is 4.74 Å². The number of nitrogens with zero attached hydrogens (tertiary/aromatic N) is 3. The Bertz CT molecular complexity index is 409. The molecule has 4 nitrogen and oxygen atoms in total. The van der Waals surface area contributed by atoms with Gasteiger partial charge in [-0.15, -0.1) is 0 Å². The van der Waals surface area contributed by atoms with Crippen molar-refractivity contribution < 1.29 is 4.74 Å². The third-order valence-electron chi connectivity index (χ3n) is 4.13. The summed E-state index contributed by atoms with van der Waals surface area (Å²) in [5, 5.41) is 0. The lowest BCUT2D eigenvalue weighted by Gasteiger charge is -2.32. The molecule has 0 atom stereocenters. The van der Waals surface area contributed by atoms with Gasteiger partial charge in [0.15, 0.2) is 0 Å². The Hall–Kier alpha value is -1.00. The fraction of sp³-hybridized carbons (Fsp3) is 0.765. The third kappa shape index (κ3) is 5.04. The molecule has 1 aromatic rings. The first-order valence-corrected chi connectivity index (χ1v) is 8.22. The average Bonchev–Trinajstić information content (AvgIpc) is 2.48. The van der Waals surface area contributed by atoms with E-state index in [0.717, 1.165) is 32.1 Å². The van der Waals surface area contributed by atoms with Gasteiger partial charge in [-0.2, -0.15) is 0 Å². The van der Waals surface area contributed by atoms with Gasteiger partial charge in [-0.1, -0.05) is 13.8 Å². The highest BCUT2D eigenvalue weighted by Gasteiger charge is 2.21. The zero-order chi connectivity index (χ0) is 15.2. The predicted octanol–water partition coefficient (Wildman–Crippen LogP) is 3.20. The van der Waals surface area contributed by atoms with Crippen molar-refractivity contribution in [2.75, 3.05) is 26.2 Å². The first-order valence-electron chi connectivity index (χ1n) is 8.22. The molecule has 0 saturated carbocycles. The Morgan fingerprint density at radius 1 is 1.14 bits per heavy atom. The van der Waals surface area contributed by atoms with E-state index >= 15 is 0 Å². The van der Waals surface area contributed by atoms with Crippen LogP contribution in [0.1, 0.15) is 63.8 Å². The molecule has 0 bridgehead atoms. The van der Waals surface area contributed by atoms with Crippen molar-refractivity contribution in [2.24, 2.45) is 0 Å². The van der Waals surface area contributed by atoms with E-state index in [1.54, 1.807) is 0 Å². The summed E-state index contributed by atoms with van der Waals surface area (Å²) in [5.74, 6) is 1.97. The molecular formula is C17H29N3O. The number of rotatable bonds is 6. The maximum absolute atomic E-state index is 5.63. The molecule has 0 spiro atoms. The average molecular weight is 291 g/mol. The van der Waals surface area contributed by atoms with Gasteiger partial charge in [-0.05, 0) is 51.3 Å². The standard InChI is InChI=1S/C17H29N3O/c1-13(2)17-18-11-16(12-19-17)15-5-7-20(8-6-15)9-10-21-14(3)4/h11-15H,5-10H2,1-4H3. The maximum atomic E-state index is 5.63. The van der Waals surface area contributed by atoms with Crippen LogP contribution in [0.15, 0.2) is 12.4 Å². The Labute approximate surface area is 128 Å². The van der Waals surface area contributed by atoms with Crippen LogP contribution in [0.2, 0.25) is 0 Å². The summed E-state index contributed by atoms with van der Waals surface area (Å²) in [5.41, 5.74) is 1.30. The maximum Gasteiger partial charge on any atom is 0.130 e. The number of hydrogen-bond donors (Lipinski definition) is 0. The van der Waals surface area contributed by atoms with E-state index in [1.807, 2.05) is 12.4 Å². The van der Waals surface area contributed by atoms with Gasteiger partial charge in [0.25, 0.3) is 0 Å². The summed E-state index contributed by atoms with van der Waals surface area (Å²) >= 11 is 0. The molecule has 0 aromatic carbocycles. The van der Waals surface area contributed by atoms with E-state index in [1.165, 1.54) is 18.4 Å². The van der Waals surface area contributed by atoms with Crippen LogP contribution in [0.4, 0.5) is 0 Å². The Kier molecular flexibility index (Phi) is 6.12. The predicted molar refractivity (Wildman–Crippen MR) is 85.6 cm³/mol. The van der Waals surface area contributed by atoms with Crippen LogP contribution in [0.5, 0.6) is 0 Å². The molecule has 4 heteroatoms. The first-order chi connectivity index (χ1) is 10.1. The van der Waals surface area contributed by atoms with Gasteiger partial charge in [0.05, 0.1) is 12.7 Å². The highest BCUT2D eigenvalue weighted by molar-refractivity contribution is 5.13. The van der Waals surface area contributed by atoms with Gasteiger partial charge in [-0.3, -0.25) is 0 Å². The number of piperidine rings is 1. The second kappa shape index (κ2) is 7.85. The third-order valence-corrected chi connectivity index (χ3v) is 4.13. The monoisotopic (exact) mass is 291 g/mol. The van der Waals surface area contributed by atoms with Gasteiger partial charge in [0.2, 0.25) is 0 Å². The molecule has 0 radical (unpaired) electrons. The summed E-state index contributed by atoms with van der Waals surface area (Å²) in [4.78, 5) is 11.5. The molecule has 1 saturated heterocycles. The van der Waals surface area contributed by atoms with Crippen LogP contribution in [-0.2, 0) is 4.74 Å². The van der Waals surface area contributed by atoms with Crippen LogP contribution >= 0.6 is 0 Å². The van der Waals surface area contributed by atoms with Crippen molar-refractivity contribution in [1.82, 2.24) is 14.9 Å². The van der Waals surface area contributed by atoms with Crippen LogP contribution in [0.25, 0.3) is 0 Å². The van der Waals surface area contributed by atoms with Gasteiger partial charge in [0.1, 0.15) is 5.82 Å². The molecule has 0 amide bonds. The number of aromatic nitrogens is 2. The van der Waals surface area contributed by atoms with Crippen molar-refractivity contribution in [3.8, 4) is 0 Å². The summed E-state index contributed by atoms with van der Waals surface area (Å²) in [6, 6.07) is 0. The van der Waals surface area contributed by atoms with Crippen LogP contribution in [0, 0.1) is 0 Å². The van der Waals surface area contributed by atoms with E-state index < -0.39 is 0 Å². The number of hydrogen-bond acceptors (Lipinski definition) is 4. The number of ether oxygens (including phenoxy) is 1. The fourth-order valence-electron chi connectivity index (χ4n) is 2.76. The SMILES string of the molecule is CC(C)OCCN1CCC(c2cnc(C(C)C)nc2)CC1. The van der Waals surface area contributed by atoms with Crippen molar-refractivity contribution >= 4 is 0 Å². The zero-order valence-electron chi connectivity index (χ0n) is 13.9. The summed E-state index contributed by atoms with van der Waals surface area (Å²) < 4.78 is 5.63. The molecule has 118 valence electrons. The zero-order valence-corrected chi connectivity index (χ0v) is 13.9. The van der Waals surface area contributed by atoms with Crippen molar-refractivity contribution in [3.05, 3.63) is 23.8 Å². The number of likely N-dealkylation sites (tertiary alicyclic amines) is 1. The summed E-state index contributed by atoms with van der Waals surface area (Å²) in [6.45, 7) is 12.6. The lowest BCUT2D eigenvalue weighted by Crippen LogP contribution is -2.35. The molecule has 2 rings (SSSR count). The normalized spacial score (nSPS) is 17.8. The molecule has 1 aliphatic rings. The van der Waals surface area contributed by atoms with Crippen molar-refractivity contribution in [2.45, 2.75) is 58.5 Å². The van der Waals surface area contributed by atoms with E-state index in [0.29, 0.717) is 17.9 Å². The molecule has 1 aliphatic heterocycles. The van der Waals surface area contributed by atoms with E-state index in [-0.39, 0.29) is 0 Å². The quantitative estimate of drug-likeness (QED) is 0.806.